The Morgan fingerprint density at radius 2 is 1.67 bits per heavy atom. The van der Waals surface area contributed by atoms with Gasteiger partial charge in [0.05, 0.1) is 31.2 Å². The SMILES string of the molecule is COc1cc2ncc3nc(-c4ccc(P(=O)(O)O)cc4)oc3c2cc1OC. The zero-order valence-electron chi connectivity index (χ0n) is 14.4. The first-order valence-corrected chi connectivity index (χ1v) is 9.50. The number of rotatable bonds is 4. The second kappa shape index (κ2) is 6.35. The van der Waals surface area contributed by atoms with Crippen molar-refractivity contribution in [3.8, 4) is 23.0 Å². The standard InChI is InChI=1S/C18H15N2O6P/c1-24-15-7-12-13(8-16(15)25-2)19-9-14-17(12)26-18(20-14)10-3-5-11(6-4-10)27(21,22)23/h3-9H,1-2H3,(H2,21,22,23). The molecular formula is C18H15N2O6P. The van der Waals surface area contributed by atoms with E-state index in [4.69, 9.17) is 13.9 Å². The lowest BCUT2D eigenvalue weighted by Crippen LogP contribution is -2.02. The van der Waals surface area contributed by atoms with E-state index in [-0.39, 0.29) is 5.30 Å². The third-order valence-electron chi connectivity index (χ3n) is 4.18. The maximum Gasteiger partial charge on any atom is 0.356 e. The quantitative estimate of drug-likeness (QED) is 0.515. The number of ether oxygens (including phenoxy) is 2. The van der Waals surface area contributed by atoms with Crippen LogP contribution in [0, 0.1) is 0 Å². The highest BCUT2D eigenvalue weighted by atomic mass is 31.2. The fourth-order valence-corrected chi connectivity index (χ4v) is 3.36. The number of nitrogens with zero attached hydrogens (tertiary/aromatic N) is 2. The molecule has 0 aliphatic rings. The van der Waals surface area contributed by atoms with Crippen LogP contribution in [0.5, 0.6) is 11.5 Å². The Kier molecular flexibility index (Phi) is 4.11. The van der Waals surface area contributed by atoms with Crippen LogP contribution in [0.4, 0.5) is 0 Å². The molecule has 0 unspecified atom stereocenters. The van der Waals surface area contributed by atoms with E-state index in [1.165, 1.54) is 12.1 Å². The number of aromatic nitrogens is 2. The predicted octanol–water partition coefficient (Wildman–Crippen LogP) is 2.86. The Morgan fingerprint density at radius 3 is 2.30 bits per heavy atom. The van der Waals surface area contributed by atoms with E-state index >= 15 is 0 Å². The van der Waals surface area contributed by atoms with Gasteiger partial charge in [0.1, 0.15) is 5.52 Å². The van der Waals surface area contributed by atoms with Crippen LogP contribution in [0.15, 0.2) is 47.0 Å². The highest BCUT2D eigenvalue weighted by molar-refractivity contribution is 7.60. The van der Waals surface area contributed by atoms with E-state index in [9.17, 15) is 14.4 Å². The van der Waals surface area contributed by atoms with Crippen LogP contribution >= 0.6 is 7.60 Å². The van der Waals surface area contributed by atoms with Crippen molar-refractivity contribution in [2.45, 2.75) is 0 Å². The molecule has 8 nitrogen and oxygen atoms in total. The molecule has 0 fully saturated rings. The number of oxazole rings is 1. The van der Waals surface area contributed by atoms with Gasteiger partial charge < -0.3 is 23.7 Å². The average Bonchev–Trinajstić information content (AvgIpc) is 3.11. The van der Waals surface area contributed by atoms with Gasteiger partial charge in [0.15, 0.2) is 17.1 Å². The lowest BCUT2D eigenvalue weighted by molar-refractivity contribution is 0.356. The third-order valence-corrected chi connectivity index (χ3v) is 5.15. The second-order valence-corrected chi connectivity index (χ2v) is 7.41. The van der Waals surface area contributed by atoms with Gasteiger partial charge in [-0.1, -0.05) is 0 Å². The molecule has 9 heteroatoms. The largest absolute Gasteiger partial charge is 0.493 e. The van der Waals surface area contributed by atoms with Crippen molar-refractivity contribution in [3.63, 3.8) is 0 Å². The van der Waals surface area contributed by atoms with E-state index < -0.39 is 7.60 Å². The lowest BCUT2D eigenvalue weighted by Gasteiger charge is -2.08. The molecule has 0 spiro atoms. The van der Waals surface area contributed by atoms with Crippen molar-refractivity contribution < 1.29 is 28.2 Å². The summed E-state index contributed by atoms with van der Waals surface area (Å²) in [6.45, 7) is 0. The van der Waals surface area contributed by atoms with Crippen LogP contribution < -0.4 is 14.8 Å². The first-order chi connectivity index (χ1) is 12.9. The predicted molar refractivity (Wildman–Crippen MR) is 99.5 cm³/mol. The fourth-order valence-electron chi connectivity index (χ4n) is 2.82. The van der Waals surface area contributed by atoms with Crippen molar-refractivity contribution in [1.82, 2.24) is 9.97 Å². The van der Waals surface area contributed by atoms with Crippen molar-refractivity contribution in [3.05, 3.63) is 42.6 Å². The zero-order chi connectivity index (χ0) is 19.2. The van der Waals surface area contributed by atoms with Crippen LogP contribution in [0.2, 0.25) is 0 Å². The minimum Gasteiger partial charge on any atom is -0.493 e. The molecule has 0 aliphatic carbocycles. The van der Waals surface area contributed by atoms with Gasteiger partial charge in [-0.25, -0.2) is 4.98 Å². The summed E-state index contributed by atoms with van der Waals surface area (Å²) < 4.78 is 27.9. The van der Waals surface area contributed by atoms with Crippen molar-refractivity contribution in [2.24, 2.45) is 0 Å². The molecule has 4 rings (SSSR count). The molecule has 0 radical (unpaired) electrons. The number of methoxy groups -OCH3 is 2. The summed E-state index contributed by atoms with van der Waals surface area (Å²) in [6.07, 6.45) is 1.60. The van der Waals surface area contributed by atoms with E-state index in [0.717, 1.165) is 5.39 Å². The molecule has 27 heavy (non-hydrogen) atoms. The minimum atomic E-state index is -4.29. The van der Waals surface area contributed by atoms with Gasteiger partial charge in [-0.2, -0.15) is 0 Å². The normalized spacial score (nSPS) is 11.9. The molecule has 2 N–H and O–H groups in total. The maximum atomic E-state index is 11.3. The summed E-state index contributed by atoms with van der Waals surface area (Å²) in [4.78, 5) is 27.2. The molecule has 2 heterocycles. The van der Waals surface area contributed by atoms with E-state index in [1.54, 1.807) is 44.7 Å². The Morgan fingerprint density at radius 1 is 1.00 bits per heavy atom. The first-order valence-electron chi connectivity index (χ1n) is 7.88. The summed E-state index contributed by atoms with van der Waals surface area (Å²) in [5.74, 6) is 1.43. The molecule has 0 bridgehead atoms. The van der Waals surface area contributed by atoms with Crippen molar-refractivity contribution >= 4 is 34.9 Å². The smallest absolute Gasteiger partial charge is 0.356 e. The van der Waals surface area contributed by atoms with E-state index in [2.05, 4.69) is 9.97 Å². The third kappa shape index (κ3) is 3.04. The van der Waals surface area contributed by atoms with Crippen molar-refractivity contribution in [2.75, 3.05) is 14.2 Å². The molecule has 0 aliphatic heterocycles. The van der Waals surface area contributed by atoms with Crippen molar-refractivity contribution in [1.29, 1.82) is 0 Å². The minimum absolute atomic E-state index is 0.0636. The van der Waals surface area contributed by atoms with E-state index in [0.29, 0.717) is 39.6 Å². The topological polar surface area (TPSA) is 115 Å². The van der Waals surface area contributed by atoms with Gasteiger partial charge in [0.25, 0.3) is 0 Å². The summed E-state index contributed by atoms with van der Waals surface area (Å²) in [5, 5.41) is 0.655. The van der Waals surface area contributed by atoms with E-state index in [1.807, 2.05) is 0 Å². The Bertz CT molecular complexity index is 1200. The number of hydrogen-bond donors (Lipinski definition) is 2. The van der Waals surface area contributed by atoms with Gasteiger partial charge in [-0.3, -0.25) is 9.55 Å². The molecule has 2 aromatic carbocycles. The van der Waals surface area contributed by atoms with Gasteiger partial charge in [0, 0.05) is 17.0 Å². The Balaban J connectivity index is 1.86. The van der Waals surface area contributed by atoms with Crippen LogP contribution in [-0.4, -0.2) is 34.0 Å². The van der Waals surface area contributed by atoms with Crippen LogP contribution in [0.1, 0.15) is 0 Å². The molecule has 2 aromatic heterocycles. The maximum absolute atomic E-state index is 11.3. The zero-order valence-corrected chi connectivity index (χ0v) is 15.3. The first kappa shape index (κ1) is 17.5. The molecule has 0 saturated carbocycles. The summed E-state index contributed by atoms with van der Waals surface area (Å²) in [5.41, 5.74) is 2.36. The molecule has 138 valence electrons. The molecular weight excluding hydrogens is 371 g/mol. The highest BCUT2D eigenvalue weighted by Crippen LogP contribution is 2.37. The fraction of sp³-hybridized carbons (Fsp3) is 0.111. The number of benzene rings is 2. The van der Waals surface area contributed by atoms with Gasteiger partial charge in [-0.05, 0) is 30.3 Å². The monoisotopic (exact) mass is 386 g/mol. The van der Waals surface area contributed by atoms with Gasteiger partial charge in [-0.15, -0.1) is 0 Å². The van der Waals surface area contributed by atoms with Gasteiger partial charge in [0.2, 0.25) is 5.89 Å². The Hall–Kier alpha value is -2.93. The summed E-state index contributed by atoms with van der Waals surface area (Å²) >= 11 is 0. The molecule has 0 saturated heterocycles. The van der Waals surface area contributed by atoms with Gasteiger partial charge >= 0.3 is 7.60 Å². The van der Waals surface area contributed by atoms with Crippen LogP contribution in [-0.2, 0) is 4.57 Å². The molecule has 4 aromatic rings. The highest BCUT2D eigenvalue weighted by Gasteiger charge is 2.18. The summed E-state index contributed by atoms with van der Waals surface area (Å²) in [6, 6.07) is 9.35. The molecule has 0 atom stereocenters. The molecule has 0 amide bonds. The lowest BCUT2D eigenvalue weighted by atomic mass is 10.2. The number of fused-ring (bicyclic) bond motifs is 3. The average molecular weight is 386 g/mol. The summed E-state index contributed by atoms with van der Waals surface area (Å²) in [7, 11) is -1.20. The van der Waals surface area contributed by atoms with Crippen LogP contribution in [0.3, 0.4) is 0 Å². The number of pyridine rings is 1. The van der Waals surface area contributed by atoms with Crippen LogP contribution in [0.25, 0.3) is 33.5 Å². The second-order valence-electron chi connectivity index (χ2n) is 5.81. The number of hydrogen-bond acceptors (Lipinski definition) is 6. The Labute approximate surface area is 153 Å².